The molecule has 1 saturated heterocycles. The van der Waals surface area contributed by atoms with Crippen LogP contribution in [0, 0.1) is 0 Å². The molecule has 4 nitrogen and oxygen atoms in total. The van der Waals surface area contributed by atoms with E-state index in [4.69, 9.17) is 10.5 Å². The lowest BCUT2D eigenvalue weighted by Gasteiger charge is -2.41. The molecule has 0 radical (unpaired) electrons. The molecule has 1 saturated carbocycles. The van der Waals surface area contributed by atoms with E-state index in [0.717, 1.165) is 44.8 Å². The van der Waals surface area contributed by atoms with Crippen molar-refractivity contribution in [3.8, 4) is 0 Å². The standard InChI is InChI=1S/C19H27BrF3N3O/c1-27-14-4-2-13(3-5-14)26-8-6-12(7-9-26)25-18-11-16(20)15(10-17(18)24)19(21,22)23/h10-14,25H,2-9,24H2,1H3. The molecule has 152 valence electrons. The van der Waals surface area contributed by atoms with Crippen LogP contribution in [0.25, 0.3) is 0 Å². The molecule has 1 aliphatic carbocycles. The van der Waals surface area contributed by atoms with E-state index < -0.39 is 11.7 Å². The normalized spacial score (nSPS) is 25.5. The van der Waals surface area contributed by atoms with Crippen molar-refractivity contribution in [3.63, 3.8) is 0 Å². The van der Waals surface area contributed by atoms with Gasteiger partial charge in [-0.3, -0.25) is 0 Å². The smallest absolute Gasteiger partial charge is 0.397 e. The van der Waals surface area contributed by atoms with Gasteiger partial charge in [0.2, 0.25) is 0 Å². The fraction of sp³-hybridized carbons (Fsp3) is 0.684. The van der Waals surface area contributed by atoms with E-state index in [2.05, 4.69) is 26.1 Å². The third-order valence-electron chi connectivity index (χ3n) is 5.83. The summed E-state index contributed by atoms with van der Waals surface area (Å²) in [6.45, 7) is 2.00. The number of hydrogen-bond acceptors (Lipinski definition) is 4. The van der Waals surface area contributed by atoms with Crippen LogP contribution in [0.4, 0.5) is 24.5 Å². The number of halogens is 4. The fourth-order valence-electron chi connectivity index (χ4n) is 4.21. The van der Waals surface area contributed by atoms with E-state index >= 15 is 0 Å². The maximum absolute atomic E-state index is 13.0. The minimum Gasteiger partial charge on any atom is -0.397 e. The summed E-state index contributed by atoms with van der Waals surface area (Å²) in [5, 5.41) is 3.34. The number of rotatable bonds is 4. The van der Waals surface area contributed by atoms with Crippen LogP contribution in [-0.2, 0) is 10.9 Å². The molecule has 2 fully saturated rings. The summed E-state index contributed by atoms with van der Waals surface area (Å²) in [7, 11) is 1.79. The lowest BCUT2D eigenvalue weighted by atomic mass is 9.90. The number of alkyl halides is 3. The van der Waals surface area contributed by atoms with Gasteiger partial charge >= 0.3 is 6.18 Å². The molecule has 0 bridgehead atoms. The average Bonchev–Trinajstić information content (AvgIpc) is 2.64. The minimum absolute atomic E-state index is 0.0130. The zero-order valence-electron chi connectivity index (χ0n) is 15.5. The van der Waals surface area contributed by atoms with Crippen LogP contribution < -0.4 is 11.1 Å². The Balaban J connectivity index is 1.54. The predicted octanol–water partition coefficient (Wildman–Crippen LogP) is 4.88. The van der Waals surface area contributed by atoms with Crippen molar-refractivity contribution < 1.29 is 17.9 Å². The van der Waals surface area contributed by atoms with Crippen molar-refractivity contribution in [2.24, 2.45) is 0 Å². The number of likely N-dealkylation sites (tertiary alicyclic amines) is 1. The van der Waals surface area contributed by atoms with Crippen molar-refractivity contribution >= 4 is 27.3 Å². The summed E-state index contributed by atoms with van der Waals surface area (Å²) in [5.74, 6) is 0. The third-order valence-corrected chi connectivity index (χ3v) is 6.48. The molecule has 3 rings (SSSR count). The van der Waals surface area contributed by atoms with Crippen LogP contribution in [0.1, 0.15) is 44.1 Å². The summed E-state index contributed by atoms with van der Waals surface area (Å²) in [5.41, 5.74) is 5.82. The second kappa shape index (κ2) is 8.57. The van der Waals surface area contributed by atoms with Crippen molar-refractivity contribution in [3.05, 3.63) is 22.2 Å². The van der Waals surface area contributed by atoms with Gasteiger partial charge in [-0.15, -0.1) is 0 Å². The second-order valence-corrected chi connectivity index (χ2v) is 8.39. The molecule has 27 heavy (non-hydrogen) atoms. The van der Waals surface area contributed by atoms with Crippen molar-refractivity contribution in [1.29, 1.82) is 0 Å². The molecular weight excluding hydrogens is 423 g/mol. The number of methoxy groups -OCH3 is 1. The monoisotopic (exact) mass is 449 g/mol. The van der Waals surface area contributed by atoms with Gasteiger partial charge in [0, 0.05) is 36.8 Å². The summed E-state index contributed by atoms with van der Waals surface area (Å²) in [6, 6.07) is 3.29. The van der Waals surface area contributed by atoms with E-state index in [9.17, 15) is 13.2 Å². The quantitative estimate of drug-likeness (QED) is 0.642. The molecule has 1 aromatic rings. The highest BCUT2D eigenvalue weighted by Crippen LogP contribution is 2.39. The van der Waals surface area contributed by atoms with Gasteiger partial charge in [0.05, 0.1) is 23.0 Å². The number of nitrogens with two attached hydrogens (primary N) is 1. The number of ether oxygens (including phenoxy) is 1. The van der Waals surface area contributed by atoms with Gasteiger partial charge in [-0.25, -0.2) is 0 Å². The van der Waals surface area contributed by atoms with Gasteiger partial charge in [-0.1, -0.05) is 15.9 Å². The zero-order valence-corrected chi connectivity index (χ0v) is 17.1. The zero-order chi connectivity index (χ0) is 19.6. The predicted molar refractivity (Wildman–Crippen MR) is 105 cm³/mol. The highest BCUT2D eigenvalue weighted by atomic mass is 79.9. The summed E-state index contributed by atoms with van der Waals surface area (Å²) < 4.78 is 44.4. The van der Waals surface area contributed by atoms with Crippen LogP contribution in [0.3, 0.4) is 0 Å². The number of nitrogens with one attached hydrogen (secondary N) is 1. The van der Waals surface area contributed by atoms with Crippen LogP contribution >= 0.6 is 15.9 Å². The topological polar surface area (TPSA) is 50.5 Å². The minimum atomic E-state index is -4.42. The number of nitrogen functional groups attached to an aromatic ring is 1. The number of nitrogens with zero attached hydrogens (tertiary/aromatic N) is 1. The molecule has 0 spiro atoms. The Morgan fingerprint density at radius 3 is 2.30 bits per heavy atom. The first-order valence-electron chi connectivity index (χ1n) is 9.47. The number of anilines is 2. The van der Waals surface area contributed by atoms with E-state index in [0.29, 0.717) is 17.8 Å². The summed E-state index contributed by atoms with van der Waals surface area (Å²) in [6.07, 6.45) is 2.50. The van der Waals surface area contributed by atoms with Gasteiger partial charge in [0.1, 0.15) is 0 Å². The van der Waals surface area contributed by atoms with Gasteiger partial charge < -0.3 is 20.7 Å². The maximum Gasteiger partial charge on any atom is 0.417 e. The van der Waals surface area contributed by atoms with Crippen molar-refractivity contribution in [1.82, 2.24) is 4.90 Å². The Morgan fingerprint density at radius 2 is 1.74 bits per heavy atom. The molecule has 0 unspecified atom stereocenters. The van der Waals surface area contributed by atoms with Gasteiger partial charge in [-0.2, -0.15) is 13.2 Å². The maximum atomic E-state index is 13.0. The van der Waals surface area contributed by atoms with E-state index in [-0.39, 0.29) is 16.2 Å². The molecule has 2 aliphatic rings. The number of benzene rings is 1. The lowest BCUT2D eigenvalue weighted by molar-refractivity contribution is -0.138. The Kier molecular flexibility index (Phi) is 6.58. The van der Waals surface area contributed by atoms with E-state index in [1.54, 1.807) is 7.11 Å². The highest BCUT2D eigenvalue weighted by Gasteiger charge is 2.34. The highest BCUT2D eigenvalue weighted by molar-refractivity contribution is 9.10. The Labute approximate surface area is 166 Å². The fourth-order valence-corrected chi connectivity index (χ4v) is 4.78. The molecular formula is C19H27BrF3N3O. The summed E-state index contributed by atoms with van der Waals surface area (Å²) in [4.78, 5) is 2.55. The Bertz CT molecular complexity index is 640. The molecule has 0 amide bonds. The van der Waals surface area contributed by atoms with Crippen molar-refractivity contribution in [2.75, 3.05) is 31.2 Å². The van der Waals surface area contributed by atoms with Crippen LogP contribution in [0.5, 0.6) is 0 Å². The summed E-state index contributed by atoms with van der Waals surface area (Å²) >= 11 is 3.02. The molecule has 3 N–H and O–H groups in total. The Morgan fingerprint density at radius 1 is 1.11 bits per heavy atom. The Hall–Kier alpha value is -0.990. The SMILES string of the molecule is COC1CCC(N2CCC(Nc3cc(Br)c(C(F)(F)F)cc3N)CC2)CC1. The van der Waals surface area contributed by atoms with Gasteiger partial charge in [0.15, 0.2) is 0 Å². The van der Waals surface area contributed by atoms with E-state index in [1.807, 2.05) is 0 Å². The first-order chi connectivity index (χ1) is 12.8. The average molecular weight is 450 g/mol. The van der Waals surface area contributed by atoms with Crippen LogP contribution in [0.2, 0.25) is 0 Å². The largest absolute Gasteiger partial charge is 0.417 e. The van der Waals surface area contributed by atoms with Crippen molar-refractivity contribution in [2.45, 2.75) is 62.9 Å². The van der Waals surface area contributed by atoms with Crippen LogP contribution in [-0.4, -0.2) is 43.3 Å². The van der Waals surface area contributed by atoms with E-state index in [1.165, 1.54) is 18.9 Å². The van der Waals surface area contributed by atoms with Gasteiger partial charge in [0.25, 0.3) is 0 Å². The first-order valence-corrected chi connectivity index (χ1v) is 10.3. The molecule has 0 atom stereocenters. The molecule has 1 aromatic carbocycles. The molecule has 1 aliphatic heterocycles. The lowest BCUT2D eigenvalue weighted by Crippen LogP contribution is -2.46. The molecule has 8 heteroatoms. The number of hydrogen-bond donors (Lipinski definition) is 2. The van der Waals surface area contributed by atoms with Crippen LogP contribution in [0.15, 0.2) is 16.6 Å². The molecule has 0 aromatic heterocycles. The van der Waals surface area contributed by atoms with Gasteiger partial charge in [-0.05, 0) is 50.7 Å². The molecule has 1 heterocycles. The second-order valence-electron chi connectivity index (χ2n) is 7.54. The third kappa shape index (κ3) is 5.09. The number of piperidine rings is 1. The first kappa shape index (κ1) is 20.7.